The van der Waals surface area contributed by atoms with E-state index in [0.29, 0.717) is 5.03 Å². The van der Waals surface area contributed by atoms with E-state index in [2.05, 4.69) is 0 Å². The number of carbonyl (C=O) groups is 1. The van der Waals surface area contributed by atoms with Gasteiger partial charge in [0.2, 0.25) is 0 Å². The quantitative estimate of drug-likeness (QED) is 0.484. The highest BCUT2D eigenvalue weighted by Gasteiger charge is 2.19. The lowest BCUT2D eigenvalue weighted by atomic mass is 10.3. The Balaban J connectivity index is 2.98. The van der Waals surface area contributed by atoms with Gasteiger partial charge in [-0.2, -0.15) is 5.26 Å². The van der Waals surface area contributed by atoms with E-state index in [1.165, 1.54) is 11.8 Å². The summed E-state index contributed by atoms with van der Waals surface area (Å²) in [6.45, 7) is 0.876. The highest BCUT2D eigenvalue weighted by molar-refractivity contribution is 8.03. The van der Waals surface area contributed by atoms with E-state index >= 15 is 0 Å². The van der Waals surface area contributed by atoms with Gasteiger partial charge in [0.25, 0.3) is 5.91 Å². The molecule has 0 aromatic rings. The normalized spacial score (nSPS) is 20.8. The predicted molar refractivity (Wildman–Crippen MR) is 51.5 cm³/mol. The molecule has 1 aliphatic heterocycles. The first-order valence-electron chi connectivity index (χ1n) is 3.95. The fraction of sp³-hybridized carbons (Fsp3) is 0.500. The van der Waals surface area contributed by atoms with Crippen LogP contribution < -0.4 is 5.73 Å². The van der Waals surface area contributed by atoms with Crippen molar-refractivity contribution in [3.8, 4) is 6.07 Å². The first-order chi connectivity index (χ1) is 6.16. The summed E-state index contributed by atoms with van der Waals surface area (Å²) in [5, 5.41) is 9.43. The van der Waals surface area contributed by atoms with Gasteiger partial charge in [-0.1, -0.05) is 0 Å². The Morgan fingerprint density at radius 2 is 2.46 bits per heavy atom. The fourth-order valence-electron chi connectivity index (χ4n) is 1.15. The third kappa shape index (κ3) is 2.16. The molecule has 70 valence electrons. The standard InChI is InChI=1S/C8H11N3OS/c1-11-3-2-4-13-8(11)6(5-9)7(10)12/h2-4H2,1H3,(H2,10,12)/b8-6+. The van der Waals surface area contributed by atoms with Crippen LogP contribution in [0.5, 0.6) is 0 Å². The molecule has 0 atom stereocenters. The van der Waals surface area contributed by atoms with Crippen molar-refractivity contribution in [1.29, 1.82) is 5.26 Å². The number of thioether (sulfide) groups is 1. The van der Waals surface area contributed by atoms with Crippen molar-refractivity contribution in [1.82, 2.24) is 4.90 Å². The molecule has 0 saturated carbocycles. The van der Waals surface area contributed by atoms with E-state index in [4.69, 9.17) is 11.0 Å². The van der Waals surface area contributed by atoms with Crippen LogP contribution in [0, 0.1) is 11.3 Å². The molecule has 1 saturated heterocycles. The van der Waals surface area contributed by atoms with Crippen LogP contribution in [0.1, 0.15) is 6.42 Å². The number of nitrogens with two attached hydrogens (primary N) is 1. The third-order valence-electron chi connectivity index (χ3n) is 1.80. The van der Waals surface area contributed by atoms with Crippen LogP contribution in [0.4, 0.5) is 0 Å². The number of nitriles is 1. The van der Waals surface area contributed by atoms with E-state index in [9.17, 15) is 4.79 Å². The summed E-state index contributed by atoms with van der Waals surface area (Å²) in [7, 11) is 1.86. The highest BCUT2D eigenvalue weighted by Crippen LogP contribution is 2.27. The molecule has 0 spiro atoms. The Bertz CT molecular complexity index is 292. The highest BCUT2D eigenvalue weighted by atomic mass is 32.2. The number of carbonyl (C=O) groups excluding carboxylic acids is 1. The molecule has 0 bridgehead atoms. The number of nitrogens with zero attached hydrogens (tertiary/aromatic N) is 2. The van der Waals surface area contributed by atoms with Crippen molar-refractivity contribution in [3.05, 3.63) is 10.6 Å². The maximum Gasteiger partial charge on any atom is 0.262 e. The molecule has 1 amide bonds. The van der Waals surface area contributed by atoms with Gasteiger partial charge in [-0.15, -0.1) is 11.8 Å². The summed E-state index contributed by atoms with van der Waals surface area (Å²) in [6, 6.07) is 1.84. The van der Waals surface area contributed by atoms with Crippen LogP contribution in [0.3, 0.4) is 0 Å². The number of hydrogen-bond acceptors (Lipinski definition) is 4. The summed E-state index contributed by atoms with van der Waals surface area (Å²) in [4.78, 5) is 12.8. The first-order valence-corrected chi connectivity index (χ1v) is 4.93. The minimum Gasteiger partial charge on any atom is -0.368 e. The maximum atomic E-state index is 10.9. The minimum absolute atomic E-state index is 0.0761. The second kappa shape index (κ2) is 4.19. The van der Waals surface area contributed by atoms with Gasteiger partial charge >= 0.3 is 0 Å². The minimum atomic E-state index is -0.640. The fourth-order valence-corrected chi connectivity index (χ4v) is 2.22. The summed E-state index contributed by atoms with van der Waals surface area (Å²) >= 11 is 1.51. The Labute approximate surface area is 81.4 Å². The van der Waals surface area contributed by atoms with Gasteiger partial charge in [0, 0.05) is 19.3 Å². The maximum absolute atomic E-state index is 10.9. The molecule has 1 rings (SSSR count). The van der Waals surface area contributed by atoms with Crippen molar-refractivity contribution in [3.63, 3.8) is 0 Å². The number of hydrogen-bond donors (Lipinski definition) is 1. The third-order valence-corrected chi connectivity index (χ3v) is 3.08. The summed E-state index contributed by atoms with van der Waals surface area (Å²) in [5.41, 5.74) is 5.16. The molecule has 1 heterocycles. The van der Waals surface area contributed by atoms with Gasteiger partial charge in [0.15, 0.2) is 0 Å². The second-order valence-corrected chi connectivity index (χ2v) is 3.86. The van der Waals surface area contributed by atoms with E-state index in [0.717, 1.165) is 18.7 Å². The summed E-state index contributed by atoms with van der Waals surface area (Å²) in [5.74, 6) is 0.303. The molecule has 4 nitrogen and oxygen atoms in total. The number of amides is 1. The van der Waals surface area contributed by atoms with Crippen LogP contribution >= 0.6 is 11.8 Å². The molecule has 0 aromatic heterocycles. The monoisotopic (exact) mass is 197 g/mol. The number of primary amides is 1. The van der Waals surface area contributed by atoms with Gasteiger partial charge in [-0.05, 0) is 6.42 Å². The molecular formula is C8H11N3OS. The topological polar surface area (TPSA) is 70.1 Å². The number of rotatable bonds is 1. The molecule has 5 heteroatoms. The van der Waals surface area contributed by atoms with E-state index in [-0.39, 0.29) is 5.57 Å². The van der Waals surface area contributed by atoms with Gasteiger partial charge in [0.1, 0.15) is 11.6 Å². The molecule has 0 unspecified atom stereocenters. The Morgan fingerprint density at radius 3 is 2.92 bits per heavy atom. The zero-order valence-electron chi connectivity index (χ0n) is 7.41. The van der Waals surface area contributed by atoms with Crippen LogP contribution in [0.2, 0.25) is 0 Å². The molecule has 1 aliphatic rings. The van der Waals surface area contributed by atoms with Gasteiger partial charge in [0.05, 0.1) is 5.03 Å². The molecule has 1 fully saturated rings. The average molecular weight is 197 g/mol. The summed E-state index contributed by atoms with van der Waals surface area (Å²) in [6.07, 6.45) is 1.07. The Kier molecular flexibility index (Phi) is 3.20. The zero-order chi connectivity index (χ0) is 9.84. The molecular weight excluding hydrogens is 186 g/mol. The van der Waals surface area contributed by atoms with Crippen molar-refractivity contribution >= 4 is 17.7 Å². The largest absolute Gasteiger partial charge is 0.368 e. The lowest BCUT2D eigenvalue weighted by molar-refractivity contribution is -0.114. The second-order valence-electron chi connectivity index (χ2n) is 2.78. The smallest absolute Gasteiger partial charge is 0.262 e. The zero-order valence-corrected chi connectivity index (χ0v) is 8.23. The van der Waals surface area contributed by atoms with Gasteiger partial charge in [-0.25, -0.2) is 0 Å². The predicted octanol–water partition coefficient (Wildman–Crippen LogP) is 0.276. The van der Waals surface area contributed by atoms with Gasteiger partial charge < -0.3 is 10.6 Å². The average Bonchev–Trinajstić information content (AvgIpc) is 2.09. The molecule has 13 heavy (non-hydrogen) atoms. The van der Waals surface area contributed by atoms with Crippen LogP contribution in [-0.2, 0) is 4.79 Å². The Hall–Kier alpha value is -1.15. The van der Waals surface area contributed by atoms with Crippen molar-refractivity contribution in [2.24, 2.45) is 5.73 Å². The molecule has 2 N–H and O–H groups in total. The lowest BCUT2D eigenvalue weighted by Crippen LogP contribution is -2.27. The lowest BCUT2D eigenvalue weighted by Gasteiger charge is -2.27. The van der Waals surface area contributed by atoms with Crippen LogP contribution in [0.25, 0.3) is 0 Å². The first kappa shape index (κ1) is 9.93. The molecule has 0 radical (unpaired) electrons. The molecule has 0 aromatic carbocycles. The van der Waals surface area contributed by atoms with Crippen molar-refractivity contribution < 1.29 is 4.79 Å². The van der Waals surface area contributed by atoms with E-state index < -0.39 is 5.91 Å². The van der Waals surface area contributed by atoms with Crippen molar-refractivity contribution in [2.45, 2.75) is 6.42 Å². The molecule has 0 aliphatic carbocycles. The van der Waals surface area contributed by atoms with Crippen LogP contribution in [-0.4, -0.2) is 30.2 Å². The van der Waals surface area contributed by atoms with Crippen molar-refractivity contribution in [2.75, 3.05) is 19.3 Å². The summed E-state index contributed by atoms with van der Waals surface area (Å²) < 4.78 is 0. The van der Waals surface area contributed by atoms with E-state index in [1.54, 1.807) is 0 Å². The van der Waals surface area contributed by atoms with Crippen LogP contribution in [0.15, 0.2) is 10.6 Å². The Morgan fingerprint density at radius 1 is 1.77 bits per heavy atom. The SMILES string of the molecule is CN1CCCS/C1=C(\C#N)C(N)=O. The van der Waals surface area contributed by atoms with Gasteiger partial charge in [-0.3, -0.25) is 4.79 Å². The van der Waals surface area contributed by atoms with E-state index in [1.807, 2.05) is 18.0 Å².